The predicted molar refractivity (Wildman–Crippen MR) is 67.0 cm³/mol. The van der Waals surface area contributed by atoms with Crippen LogP contribution in [0.1, 0.15) is 5.56 Å². The lowest BCUT2D eigenvalue weighted by molar-refractivity contribution is -0.140. The molecule has 0 aliphatic rings. The van der Waals surface area contributed by atoms with Gasteiger partial charge in [0, 0.05) is 23.5 Å². The van der Waals surface area contributed by atoms with E-state index in [-0.39, 0.29) is 6.42 Å². The summed E-state index contributed by atoms with van der Waals surface area (Å²) in [5.41, 5.74) is 1.83. The van der Waals surface area contributed by atoms with E-state index in [2.05, 4.69) is 4.98 Å². The largest absolute Gasteiger partial charge is 0.480 e. The van der Waals surface area contributed by atoms with Gasteiger partial charge in [-0.05, 0) is 35.2 Å². The molecule has 0 aliphatic heterocycles. The smallest absolute Gasteiger partial charge is 0.324 e. The van der Waals surface area contributed by atoms with Gasteiger partial charge in [0.1, 0.15) is 6.04 Å². The molecule has 2 rings (SSSR count). The summed E-state index contributed by atoms with van der Waals surface area (Å²) in [5, 5.41) is 9.97. The first kappa shape index (κ1) is 12.2. The van der Waals surface area contributed by atoms with E-state index in [9.17, 15) is 4.79 Å². The summed E-state index contributed by atoms with van der Waals surface area (Å²) >= 11 is 11.0. The molecule has 1 heterocycles. The Hall–Kier alpha value is -1.23. The second kappa shape index (κ2) is 4.96. The predicted octanol–water partition coefficient (Wildman–Crippen LogP) is 2.77. The van der Waals surface area contributed by atoms with Crippen LogP contribution in [0.25, 0.3) is 10.9 Å². The number of hydrogen-bond donors (Lipinski definition) is 2. The van der Waals surface area contributed by atoms with Gasteiger partial charge in [-0.15, -0.1) is 3.94 Å². The Bertz CT molecular complexity index is 539. The Morgan fingerprint density at radius 1 is 1.41 bits per heavy atom. The van der Waals surface area contributed by atoms with Gasteiger partial charge in [-0.2, -0.15) is 0 Å². The van der Waals surface area contributed by atoms with Crippen LogP contribution in [-0.2, 0) is 11.2 Å². The number of rotatable bonds is 4. The normalized spacial score (nSPS) is 13.1. The minimum atomic E-state index is -1.06. The van der Waals surface area contributed by atoms with Crippen molar-refractivity contribution in [2.24, 2.45) is 0 Å². The first-order chi connectivity index (χ1) is 8.09. The molecule has 0 amide bonds. The lowest BCUT2D eigenvalue weighted by Gasteiger charge is -2.14. The molecular weight excluding hydrogens is 263 g/mol. The minimum absolute atomic E-state index is 0.242. The van der Waals surface area contributed by atoms with E-state index in [0.717, 1.165) is 16.5 Å². The van der Waals surface area contributed by atoms with Gasteiger partial charge in [0.05, 0.1) is 0 Å². The fourth-order valence-electron chi connectivity index (χ4n) is 1.75. The van der Waals surface area contributed by atoms with E-state index in [4.69, 9.17) is 28.7 Å². The third-order valence-electron chi connectivity index (χ3n) is 2.61. The lowest BCUT2D eigenvalue weighted by Crippen LogP contribution is -2.31. The molecule has 0 radical (unpaired) electrons. The van der Waals surface area contributed by atoms with Crippen LogP contribution in [0.3, 0.4) is 0 Å². The fraction of sp³-hybridized carbons (Fsp3) is 0.182. The van der Waals surface area contributed by atoms with E-state index in [1.54, 1.807) is 6.20 Å². The van der Waals surface area contributed by atoms with Gasteiger partial charge in [0.25, 0.3) is 0 Å². The molecule has 4 nitrogen and oxygen atoms in total. The molecule has 1 atom stereocenters. The lowest BCUT2D eigenvalue weighted by atomic mass is 10.1. The number of halogens is 2. The van der Waals surface area contributed by atoms with Gasteiger partial charge in [0.2, 0.25) is 0 Å². The number of carbonyl (C=O) groups is 1. The number of H-pyrrole nitrogens is 1. The van der Waals surface area contributed by atoms with Crippen LogP contribution in [0.4, 0.5) is 0 Å². The molecule has 17 heavy (non-hydrogen) atoms. The monoisotopic (exact) mass is 272 g/mol. The molecule has 0 spiro atoms. The highest BCUT2D eigenvalue weighted by atomic mass is 35.5. The third kappa shape index (κ3) is 2.54. The minimum Gasteiger partial charge on any atom is -0.480 e. The number of para-hydroxylation sites is 1. The topological polar surface area (TPSA) is 56.3 Å². The number of carboxylic acids is 1. The number of nitrogens with zero attached hydrogens (tertiary/aromatic N) is 1. The third-order valence-corrected chi connectivity index (χ3v) is 3.08. The Kier molecular flexibility index (Phi) is 3.57. The van der Waals surface area contributed by atoms with Crippen molar-refractivity contribution in [3.8, 4) is 0 Å². The van der Waals surface area contributed by atoms with Crippen molar-refractivity contribution in [1.29, 1.82) is 0 Å². The molecule has 90 valence electrons. The molecule has 0 fully saturated rings. The van der Waals surface area contributed by atoms with Crippen molar-refractivity contribution >= 4 is 40.4 Å². The second-order valence-electron chi connectivity index (χ2n) is 3.68. The van der Waals surface area contributed by atoms with Gasteiger partial charge < -0.3 is 10.1 Å². The van der Waals surface area contributed by atoms with E-state index in [0.29, 0.717) is 3.94 Å². The van der Waals surface area contributed by atoms with Gasteiger partial charge in [-0.25, -0.2) is 0 Å². The van der Waals surface area contributed by atoms with Crippen LogP contribution in [-0.4, -0.2) is 26.0 Å². The van der Waals surface area contributed by atoms with Gasteiger partial charge in [-0.3, -0.25) is 4.79 Å². The van der Waals surface area contributed by atoms with Gasteiger partial charge in [0.15, 0.2) is 0 Å². The van der Waals surface area contributed by atoms with Crippen molar-refractivity contribution in [1.82, 2.24) is 8.92 Å². The average Bonchev–Trinajstić information content (AvgIpc) is 2.68. The summed E-state index contributed by atoms with van der Waals surface area (Å²) in [6, 6.07) is 6.69. The summed E-state index contributed by atoms with van der Waals surface area (Å²) < 4.78 is 0.671. The van der Waals surface area contributed by atoms with Crippen LogP contribution in [0.5, 0.6) is 0 Å². The number of aromatic nitrogens is 1. The maximum atomic E-state index is 11.0. The maximum absolute atomic E-state index is 11.0. The average molecular weight is 273 g/mol. The zero-order valence-corrected chi connectivity index (χ0v) is 10.2. The zero-order chi connectivity index (χ0) is 12.4. The highest BCUT2D eigenvalue weighted by Gasteiger charge is 2.24. The van der Waals surface area contributed by atoms with Crippen LogP contribution < -0.4 is 0 Å². The van der Waals surface area contributed by atoms with Crippen LogP contribution >= 0.6 is 23.6 Å². The summed E-state index contributed by atoms with van der Waals surface area (Å²) in [7, 11) is 0. The second-order valence-corrected chi connectivity index (χ2v) is 4.58. The number of hydrogen-bond acceptors (Lipinski definition) is 2. The number of aromatic amines is 1. The maximum Gasteiger partial charge on any atom is 0.324 e. The molecule has 0 saturated heterocycles. The molecule has 1 aromatic carbocycles. The van der Waals surface area contributed by atoms with Gasteiger partial charge >= 0.3 is 5.97 Å². The highest BCUT2D eigenvalue weighted by Crippen LogP contribution is 2.21. The zero-order valence-electron chi connectivity index (χ0n) is 8.73. The first-order valence-corrected chi connectivity index (χ1v) is 5.66. The van der Waals surface area contributed by atoms with E-state index < -0.39 is 12.0 Å². The Labute approximate surface area is 108 Å². The van der Waals surface area contributed by atoms with Crippen LogP contribution in [0.15, 0.2) is 30.5 Å². The van der Waals surface area contributed by atoms with E-state index in [1.807, 2.05) is 24.3 Å². The van der Waals surface area contributed by atoms with Crippen molar-refractivity contribution in [3.63, 3.8) is 0 Å². The quantitative estimate of drug-likeness (QED) is 0.842. The number of benzene rings is 1. The molecule has 6 heteroatoms. The molecular formula is C11H10Cl2N2O2. The molecule has 0 aliphatic carbocycles. The van der Waals surface area contributed by atoms with E-state index in [1.165, 1.54) is 0 Å². The fourth-order valence-corrected chi connectivity index (χ4v) is 2.05. The Morgan fingerprint density at radius 3 is 2.76 bits per heavy atom. The number of fused-ring (bicyclic) bond motifs is 1. The number of nitrogens with one attached hydrogen (secondary N) is 1. The standard InChI is InChI=1S/C11H10Cl2N2O2/c12-15(13)10(11(16)17)5-7-6-14-9-4-2-1-3-8(7)9/h1-4,6,10,14H,5H2,(H,16,17). The molecule has 2 aromatic rings. The Morgan fingerprint density at radius 2 is 2.12 bits per heavy atom. The Balaban J connectivity index is 2.31. The van der Waals surface area contributed by atoms with Crippen LogP contribution in [0.2, 0.25) is 0 Å². The molecule has 0 saturated carbocycles. The number of carboxylic acid groups (broad SMARTS) is 1. The number of aliphatic carboxylic acids is 1. The van der Waals surface area contributed by atoms with Crippen molar-refractivity contribution < 1.29 is 9.90 Å². The van der Waals surface area contributed by atoms with Crippen molar-refractivity contribution in [3.05, 3.63) is 36.0 Å². The van der Waals surface area contributed by atoms with E-state index >= 15 is 0 Å². The SMILES string of the molecule is O=C(O)C(Cc1c[nH]c2ccccc12)N(Cl)Cl. The summed E-state index contributed by atoms with van der Waals surface area (Å²) in [5.74, 6) is -1.06. The summed E-state index contributed by atoms with van der Waals surface area (Å²) in [4.78, 5) is 14.1. The first-order valence-electron chi connectivity index (χ1n) is 4.98. The molecule has 0 bridgehead atoms. The highest BCUT2D eigenvalue weighted by molar-refractivity contribution is 6.34. The van der Waals surface area contributed by atoms with Gasteiger partial charge in [-0.1, -0.05) is 18.2 Å². The molecule has 1 aromatic heterocycles. The molecule has 2 N–H and O–H groups in total. The van der Waals surface area contributed by atoms with Crippen LogP contribution in [0, 0.1) is 0 Å². The van der Waals surface area contributed by atoms with Crippen molar-refractivity contribution in [2.75, 3.05) is 0 Å². The summed E-state index contributed by atoms with van der Waals surface area (Å²) in [6.45, 7) is 0. The van der Waals surface area contributed by atoms with Crippen molar-refractivity contribution in [2.45, 2.75) is 12.5 Å². The molecule has 1 unspecified atom stereocenters. The summed E-state index contributed by atoms with van der Waals surface area (Å²) in [6.07, 6.45) is 2.02.